The lowest BCUT2D eigenvalue weighted by atomic mass is 10.0. The molecule has 0 radical (unpaired) electrons. The second-order valence-corrected chi connectivity index (χ2v) is 9.64. The van der Waals surface area contributed by atoms with Crippen LogP contribution >= 0.6 is 38.6 Å². The standard InChI is InChI=1S/C23H17BrFN3OS2/c1-29-21-9-6-15(11-17(21)24)19-13-31-23(26-19)28-20(14-4-7-16(25)8-5-14)12-18(27-28)22-3-2-10-30-22/h2-11,13,20H,12H2,1H3/t20-/m0/s1. The molecule has 1 aliphatic rings. The van der Waals surface area contributed by atoms with Crippen molar-refractivity contribution in [2.45, 2.75) is 12.5 Å². The molecule has 3 heterocycles. The highest BCUT2D eigenvalue weighted by Gasteiger charge is 2.32. The van der Waals surface area contributed by atoms with Gasteiger partial charge in [-0.3, -0.25) is 0 Å². The molecule has 5 rings (SSSR count). The lowest BCUT2D eigenvalue weighted by Crippen LogP contribution is -2.18. The number of methoxy groups -OCH3 is 1. The maximum atomic E-state index is 13.5. The molecule has 31 heavy (non-hydrogen) atoms. The summed E-state index contributed by atoms with van der Waals surface area (Å²) in [6.45, 7) is 0. The molecule has 0 fully saturated rings. The van der Waals surface area contributed by atoms with Gasteiger partial charge in [-0.2, -0.15) is 5.10 Å². The van der Waals surface area contributed by atoms with Gasteiger partial charge in [0, 0.05) is 17.4 Å². The van der Waals surface area contributed by atoms with Gasteiger partial charge in [0.25, 0.3) is 0 Å². The number of halogens is 2. The van der Waals surface area contributed by atoms with Gasteiger partial charge in [0.15, 0.2) is 0 Å². The number of rotatable bonds is 5. The van der Waals surface area contributed by atoms with Gasteiger partial charge in [-0.05, 0) is 63.3 Å². The minimum absolute atomic E-state index is 0.0284. The molecule has 0 amide bonds. The number of thiazole rings is 1. The van der Waals surface area contributed by atoms with Crippen LogP contribution in [-0.4, -0.2) is 17.8 Å². The number of hydrogen-bond acceptors (Lipinski definition) is 6. The fourth-order valence-electron chi connectivity index (χ4n) is 3.55. The van der Waals surface area contributed by atoms with Gasteiger partial charge in [0.05, 0.1) is 33.9 Å². The average molecular weight is 514 g/mol. The Morgan fingerprint density at radius 3 is 2.68 bits per heavy atom. The van der Waals surface area contributed by atoms with Crippen molar-refractivity contribution in [2.24, 2.45) is 5.10 Å². The largest absolute Gasteiger partial charge is 0.496 e. The Balaban J connectivity index is 1.51. The highest BCUT2D eigenvalue weighted by atomic mass is 79.9. The summed E-state index contributed by atoms with van der Waals surface area (Å²) >= 11 is 6.76. The molecule has 0 bridgehead atoms. The third-order valence-electron chi connectivity index (χ3n) is 5.11. The van der Waals surface area contributed by atoms with E-state index in [1.54, 1.807) is 29.8 Å². The zero-order chi connectivity index (χ0) is 21.4. The second kappa shape index (κ2) is 8.53. The van der Waals surface area contributed by atoms with Crippen LogP contribution in [0.5, 0.6) is 5.75 Å². The maximum absolute atomic E-state index is 13.5. The topological polar surface area (TPSA) is 37.7 Å². The molecule has 0 N–H and O–H groups in total. The predicted molar refractivity (Wildman–Crippen MR) is 129 cm³/mol. The normalized spacial score (nSPS) is 15.9. The van der Waals surface area contributed by atoms with Gasteiger partial charge in [0.2, 0.25) is 5.13 Å². The number of hydrogen-bond donors (Lipinski definition) is 0. The molecule has 4 aromatic rings. The molecule has 2 aromatic heterocycles. The molecule has 8 heteroatoms. The van der Waals surface area contributed by atoms with Gasteiger partial charge in [-0.1, -0.05) is 18.2 Å². The summed E-state index contributed by atoms with van der Waals surface area (Å²) in [5.74, 6) is 0.537. The van der Waals surface area contributed by atoms with E-state index in [2.05, 4.69) is 27.4 Å². The fraction of sp³-hybridized carbons (Fsp3) is 0.130. The third kappa shape index (κ3) is 4.03. The van der Waals surface area contributed by atoms with E-state index in [1.165, 1.54) is 12.1 Å². The zero-order valence-corrected chi connectivity index (χ0v) is 19.7. The van der Waals surface area contributed by atoms with Crippen LogP contribution < -0.4 is 9.75 Å². The first-order chi connectivity index (χ1) is 15.1. The van der Waals surface area contributed by atoms with Crippen molar-refractivity contribution in [1.29, 1.82) is 0 Å². The van der Waals surface area contributed by atoms with E-state index in [9.17, 15) is 4.39 Å². The van der Waals surface area contributed by atoms with Crippen LogP contribution in [-0.2, 0) is 0 Å². The Hall–Kier alpha value is -2.55. The molecule has 0 spiro atoms. The average Bonchev–Trinajstić information content (AvgIpc) is 3.54. The van der Waals surface area contributed by atoms with Crippen molar-refractivity contribution in [2.75, 3.05) is 12.1 Å². The van der Waals surface area contributed by atoms with Crippen molar-refractivity contribution >= 4 is 49.4 Å². The van der Waals surface area contributed by atoms with Crippen LogP contribution in [0.2, 0.25) is 0 Å². The minimum atomic E-state index is -0.241. The Morgan fingerprint density at radius 2 is 1.97 bits per heavy atom. The predicted octanol–water partition coefficient (Wildman–Crippen LogP) is 7.14. The van der Waals surface area contributed by atoms with E-state index in [0.29, 0.717) is 0 Å². The van der Waals surface area contributed by atoms with Crippen LogP contribution in [0.25, 0.3) is 11.3 Å². The monoisotopic (exact) mass is 513 g/mol. The van der Waals surface area contributed by atoms with Crippen molar-refractivity contribution < 1.29 is 9.13 Å². The maximum Gasteiger partial charge on any atom is 0.207 e. The number of nitrogens with zero attached hydrogens (tertiary/aromatic N) is 3. The first-order valence-electron chi connectivity index (χ1n) is 9.58. The van der Waals surface area contributed by atoms with Crippen LogP contribution in [0.15, 0.2) is 74.9 Å². The van der Waals surface area contributed by atoms with Gasteiger partial charge in [0.1, 0.15) is 11.6 Å². The SMILES string of the molecule is COc1ccc(-c2csc(N3N=C(c4cccs4)C[C@H]3c3ccc(F)cc3)n2)cc1Br. The smallest absolute Gasteiger partial charge is 0.207 e. The summed E-state index contributed by atoms with van der Waals surface area (Å²) in [7, 11) is 1.65. The summed E-state index contributed by atoms with van der Waals surface area (Å²) in [6.07, 6.45) is 0.745. The van der Waals surface area contributed by atoms with Gasteiger partial charge in [-0.15, -0.1) is 22.7 Å². The minimum Gasteiger partial charge on any atom is -0.496 e. The molecular formula is C23H17BrFN3OS2. The van der Waals surface area contributed by atoms with E-state index >= 15 is 0 Å². The summed E-state index contributed by atoms with van der Waals surface area (Å²) in [5.41, 5.74) is 3.91. The summed E-state index contributed by atoms with van der Waals surface area (Å²) < 4.78 is 19.7. The van der Waals surface area contributed by atoms with E-state index in [0.717, 1.165) is 49.2 Å². The van der Waals surface area contributed by atoms with Crippen molar-refractivity contribution in [3.63, 3.8) is 0 Å². The molecule has 1 aliphatic heterocycles. The van der Waals surface area contributed by atoms with Crippen LogP contribution in [0, 0.1) is 5.82 Å². The van der Waals surface area contributed by atoms with E-state index in [1.807, 2.05) is 46.8 Å². The lowest BCUT2D eigenvalue weighted by Gasteiger charge is -2.21. The molecule has 2 aromatic carbocycles. The van der Waals surface area contributed by atoms with Gasteiger partial charge < -0.3 is 4.74 Å². The molecular weight excluding hydrogens is 497 g/mol. The Labute approximate surface area is 195 Å². The molecule has 156 valence electrons. The first-order valence-corrected chi connectivity index (χ1v) is 12.1. The van der Waals surface area contributed by atoms with E-state index < -0.39 is 0 Å². The number of anilines is 1. The molecule has 0 saturated heterocycles. The number of aromatic nitrogens is 1. The van der Waals surface area contributed by atoms with Crippen molar-refractivity contribution in [3.05, 3.63) is 86.1 Å². The van der Waals surface area contributed by atoms with Crippen LogP contribution in [0.4, 0.5) is 9.52 Å². The van der Waals surface area contributed by atoms with Crippen molar-refractivity contribution in [3.8, 4) is 17.0 Å². The van der Waals surface area contributed by atoms with Gasteiger partial charge in [-0.25, -0.2) is 14.4 Å². The molecule has 0 aliphatic carbocycles. The zero-order valence-electron chi connectivity index (χ0n) is 16.5. The molecule has 1 atom stereocenters. The second-order valence-electron chi connectivity index (χ2n) is 7.00. The number of hydrazone groups is 1. The summed E-state index contributed by atoms with van der Waals surface area (Å²) in [4.78, 5) is 6.02. The molecule has 0 unspecified atom stereocenters. The van der Waals surface area contributed by atoms with Crippen molar-refractivity contribution in [1.82, 2.24) is 4.98 Å². The van der Waals surface area contributed by atoms with E-state index in [-0.39, 0.29) is 11.9 Å². The van der Waals surface area contributed by atoms with E-state index in [4.69, 9.17) is 14.8 Å². The Morgan fingerprint density at radius 1 is 1.13 bits per heavy atom. The highest BCUT2D eigenvalue weighted by molar-refractivity contribution is 9.10. The number of thiophene rings is 1. The van der Waals surface area contributed by atoms with Gasteiger partial charge >= 0.3 is 0 Å². The summed E-state index contributed by atoms with van der Waals surface area (Å²) in [5, 5.41) is 11.8. The summed E-state index contributed by atoms with van der Waals surface area (Å²) in [6, 6.07) is 16.6. The number of ether oxygens (including phenoxy) is 1. The third-order valence-corrected chi connectivity index (χ3v) is 7.48. The molecule has 4 nitrogen and oxygen atoms in total. The highest BCUT2D eigenvalue weighted by Crippen LogP contribution is 2.40. The first kappa shape index (κ1) is 20.4. The van der Waals surface area contributed by atoms with Crippen LogP contribution in [0.3, 0.4) is 0 Å². The Bertz CT molecular complexity index is 1240. The van der Waals surface area contributed by atoms with Crippen LogP contribution in [0.1, 0.15) is 22.9 Å². The lowest BCUT2D eigenvalue weighted by molar-refractivity contribution is 0.412. The fourth-order valence-corrected chi connectivity index (χ4v) is 5.65. The molecule has 0 saturated carbocycles. The quantitative estimate of drug-likeness (QED) is 0.284. The number of benzene rings is 2. The Kier molecular flexibility index (Phi) is 5.60.